The van der Waals surface area contributed by atoms with Crippen LogP contribution in [0.15, 0.2) is 29.4 Å². The Bertz CT molecular complexity index is 679. The second-order valence-corrected chi connectivity index (χ2v) is 5.22. The number of nitro groups is 1. The third kappa shape index (κ3) is 5.09. The van der Waals surface area contributed by atoms with Crippen LogP contribution in [0.3, 0.4) is 0 Å². The molecule has 0 radical (unpaired) electrons. The fourth-order valence-electron chi connectivity index (χ4n) is 1.58. The van der Waals surface area contributed by atoms with Gasteiger partial charge in [0.05, 0.1) is 11.5 Å². The van der Waals surface area contributed by atoms with Gasteiger partial charge in [0, 0.05) is 11.8 Å². The lowest BCUT2D eigenvalue weighted by Gasteiger charge is -2.08. The van der Waals surface area contributed by atoms with E-state index in [2.05, 4.69) is 15.5 Å². The third-order valence-corrected chi connectivity index (χ3v) is 3.38. The predicted octanol–water partition coefficient (Wildman–Crippen LogP) is 2.31. The van der Waals surface area contributed by atoms with E-state index in [1.165, 1.54) is 18.2 Å². The van der Waals surface area contributed by atoms with Crippen molar-refractivity contribution in [3.8, 4) is 5.75 Å². The molecule has 0 aliphatic rings. The van der Waals surface area contributed by atoms with Crippen LogP contribution in [0, 0.1) is 10.1 Å². The van der Waals surface area contributed by atoms with Crippen molar-refractivity contribution in [2.45, 2.75) is 17.9 Å². The van der Waals surface area contributed by atoms with Crippen LogP contribution >= 0.6 is 11.8 Å². The molecule has 0 aliphatic carbocycles. The van der Waals surface area contributed by atoms with E-state index in [0.29, 0.717) is 4.68 Å². The Morgan fingerprint density at radius 3 is 2.78 bits per heavy atom. The van der Waals surface area contributed by atoms with Gasteiger partial charge in [0.25, 0.3) is 0 Å². The number of alkyl halides is 3. The number of aromatic nitrogens is 4. The lowest BCUT2D eigenvalue weighted by Crippen LogP contribution is -2.19. The van der Waals surface area contributed by atoms with Crippen molar-refractivity contribution in [2.75, 3.05) is 12.4 Å². The quantitative estimate of drug-likeness (QED) is 0.327. The first-order chi connectivity index (χ1) is 10.9. The molecule has 0 spiro atoms. The summed E-state index contributed by atoms with van der Waals surface area (Å²) in [5, 5.41) is 20.7. The van der Waals surface area contributed by atoms with Crippen LogP contribution in [0.1, 0.15) is 0 Å². The van der Waals surface area contributed by atoms with Crippen LogP contribution in [0.25, 0.3) is 0 Å². The van der Waals surface area contributed by atoms with E-state index in [0.717, 1.165) is 11.8 Å². The van der Waals surface area contributed by atoms with Gasteiger partial charge in [0.1, 0.15) is 6.54 Å². The summed E-state index contributed by atoms with van der Waals surface area (Å²) >= 11 is 0.960. The maximum absolute atomic E-state index is 12.3. The molecular weight excluding hydrogens is 339 g/mol. The summed E-state index contributed by atoms with van der Waals surface area (Å²) in [6.45, 7) is -1.23. The number of rotatable bonds is 7. The average molecular weight is 349 g/mol. The molecule has 0 saturated heterocycles. The van der Waals surface area contributed by atoms with Crippen molar-refractivity contribution in [2.24, 2.45) is 0 Å². The summed E-state index contributed by atoms with van der Waals surface area (Å²) < 4.78 is 42.9. The van der Waals surface area contributed by atoms with E-state index in [4.69, 9.17) is 4.74 Å². The maximum Gasteiger partial charge on any atom is 0.408 e. The molecule has 2 rings (SSSR count). The zero-order valence-electron chi connectivity index (χ0n) is 11.4. The Labute approximate surface area is 131 Å². The number of para-hydroxylation sites is 2. The maximum atomic E-state index is 12.3. The van der Waals surface area contributed by atoms with Gasteiger partial charge in [-0.25, -0.2) is 4.68 Å². The summed E-state index contributed by atoms with van der Waals surface area (Å²) in [7, 11) is 0. The van der Waals surface area contributed by atoms with E-state index in [1.807, 2.05) is 0 Å². The van der Waals surface area contributed by atoms with E-state index in [-0.39, 0.29) is 29.0 Å². The average Bonchev–Trinajstić information content (AvgIpc) is 2.89. The molecule has 0 N–H and O–H groups in total. The van der Waals surface area contributed by atoms with E-state index >= 15 is 0 Å². The summed E-state index contributed by atoms with van der Waals surface area (Å²) in [6.07, 6.45) is -4.42. The summed E-state index contributed by atoms with van der Waals surface area (Å²) in [4.78, 5) is 10.2. The molecule has 2 aromatic rings. The van der Waals surface area contributed by atoms with Gasteiger partial charge in [0.15, 0.2) is 5.75 Å². The zero-order valence-corrected chi connectivity index (χ0v) is 12.3. The lowest BCUT2D eigenvalue weighted by molar-refractivity contribution is -0.385. The van der Waals surface area contributed by atoms with Gasteiger partial charge in [-0.3, -0.25) is 10.1 Å². The number of nitrogens with zero attached hydrogens (tertiary/aromatic N) is 5. The molecule has 0 bridgehead atoms. The molecule has 1 aromatic carbocycles. The second-order valence-electron chi connectivity index (χ2n) is 4.16. The van der Waals surface area contributed by atoms with Gasteiger partial charge < -0.3 is 4.74 Å². The molecular formula is C11H10F3N5O3S. The molecule has 12 heteroatoms. The Morgan fingerprint density at radius 1 is 1.35 bits per heavy atom. The van der Waals surface area contributed by atoms with Crippen LogP contribution in [-0.4, -0.2) is 43.7 Å². The predicted molar refractivity (Wildman–Crippen MR) is 73.2 cm³/mol. The number of tetrazole rings is 1. The monoisotopic (exact) mass is 349 g/mol. The fraction of sp³-hybridized carbons (Fsp3) is 0.364. The van der Waals surface area contributed by atoms with E-state index < -0.39 is 17.6 Å². The molecule has 0 saturated carbocycles. The Morgan fingerprint density at radius 2 is 2.09 bits per heavy atom. The van der Waals surface area contributed by atoms with Crippen LogP contribution in [0.4, 0.5) is 18.9 Å². The highest BCUT2D eigenvalue weighted by atomic mass is 32.2. The molecule has 0 fully saturated rings. The molecule has 124 valence electrons. The number of halogens is 3. The first-order valence-corrected chi connectivity index (χ1v) is 7.17. The molecule has 1 aromatic heterocycles. The smallest absolute Gasteiger partial charge is 0.408 e. The van der Waals surface area contributed by atoms with Gasteiger partial charge in [-0.05, 0) is 16.5 Å². The topological polar surface area (TPSA) is 96.0 Å². The molecule has 0 amide bonds. The number of ether oxygens (including phenoxy) is 1. The van der Waals surface area contributed by atoms with Crippen LogP contribution in [0.5, 0.6) is 5.75 Å². The van der Waals surface area contributed by atoms with Gasteiger partial charge in [-0.2, -0.15) is 13.2 Å². The minimum absolute atomic E-state index is 0.00603. The van der Waals surface area contributed by atoms with Crippen molar-refractivity contribution in [1.82, 2.24) is 20.2 Å². The minimum atomic E-state index is -4.42. The summed E-state index contributed by atoms with van der Waals surface area (Å²) in [5.74, 6) is 0.317. The minimum Gasteiger partial charge on any atom is -0.486 e. The first kappa shape index (κ1) is 17.0. The Balaban J connectivity index is 1.87. The van der Waals surface area contributed by atoms with Crippen molar-refractivity contribution >= 4 is 17.4 Å². The van der Waals surface area contributed by atoms with Crippen LogP contribution < -0.4 is 4.74 Å². The number of benzene rings is 1. The molecule has 0 atom stereocenters. The van der Waals surface area contributed by atoms with Crippen molar-refractivity contribution in [3.05, 3.63) is 34.4 Å². The van der Waals surface area contributed by atoms with Crippen LogP contribution in [0.2, 0.25) is 0 Å². The fourth-order valence-corrected chi connectivity index (χ4v) is 2.28. The van der Waals surface area contributed by atoms with E-state index in [1.54, 1.807) is 6.07 Å². The van der Waals surface area contributed by atoms with Crippen molar-refractivity contribution in [1.29, 1.82) is 0 Å². The number of hydrogen-bond acceptors (Lipinski definition) is 7. The second kappa shape index (κ2) is 7.26. The largest absolute Gasteiger partial charge is 0.486 e. The van der Waals surface area contributed by atoms with Gasteiger partial charge >= 0.3 is 11.9 Å². The Hall–Kier alpha value is -2.37. The van der Waals surface area contributed by atoms with Crippen LogP contribution in [-0.2, 0) is 6.54 Å². The highest BCUT2D eigenvalue weighted by Gasteiger charge is 2.30. The highest BCUT2D eigenvalue weighted by Crippen LogP contribution is 2.26. The first-order valence-electron chi connectivity index (χ1n) is 6.19. The number of hydrogen-bond donors (Lipinski definition) is 0. The summed E-state index contributed by atoms with van der Waals surface area (Å²) in [5.41, 5.74) is -0.181. The number of nitro benzene ring substituents is 1. The van der Waals surface area contributed by atoms with Gasteiger partial charge in [-0.1, -0.05) is 23.9 Å². The molecule has 0 unspecified atom stereocenters. The van der Waals surface area contributed by atoms with Gasteiger partial charge in [0.2, 0.25) is 5.16 Å². The standard InChI is InChI=1S/C11H10F3N5O3S/c12-11(13,14)7-18-10(15-16-17-18)23-6-5-22-9-4-2-1-3-8(9)19(20)21/h1-4H,5-7H2. The van der Waals surface area contributed by atoms with Crippen molar-refractivity contribution < 1.29 is 22.8 Å². The SMILES string of the molecule is O=[N+]([O-])c1ccccc1OCCSc1nnnn1CC(F)(F)F. The lowest BCUT2D eigenvalue weighted by atomic mass is 10.3. The third-order valence-electron chi connectivity index (χ3n) is 2.46. The van der Waals surface area contributed by atoms with Crippen molar-refractivity contribution in [3.63, 3.8) is 0 Å². The summed E-state index contributed by atoms with van der Waals surface area (Å²) in [6, 6.07) is 5.83. The Kier molecular flexibility index (Phi) is 5.36. The molecule has 0 aliphatic heterocycles. The molecule has 23 heavy (non-hydrogen) atoms. The normalized spacial score (nSPS) is 11.4. The van der Waals surface area contributed by atoms with E-state index in [9.17, 15) is 23.3 Å². The molecule has 8 nitrogen and oxygen atoms in total. The zero-order chi connectivity index (χ0) is 16.9. The number of thioether (sulfide) groups is 1. The highest BCUT2D eigenvalue weighted by molar-refractivity contribution is 7.99. The molecule has 1 heterocycles. The van der Waals surface area contributed by atoms with Gasteiger partial charge in [-0.15, -0.1) is 5.10 Å².